The normalized spacial score (nSPS) is 11.1. The minimum Gasteiger partial charge on any atom is -0.416 e. The van der Waals surface area contributed by atoms with Crippen molar-refractivity contribution >= 4 is 33.5 Å². The Labute approximate surface area is 133 Å². The van der Waals surface area contributed by atoms with E-state index < -0.39 is 0 Å². The van der Waals surface area contributed by atoms with E-state index in [4.69, 9.17) is 9.25 Å². The summed E-state index contributed by atoms with van der Waals surface area (Å²) in [6, 6.07) is 13.5. The Morgan fingerprint density at radius 3 is 2.81 bits per heavy atom. The first-order valence-corrected chi connectivity index (χ1v) is 7.71. The zero-order valence-corrected chi connectivity index (χ0v) is 13.2. The first kappa shape index (κ1) is 14.0. The summed E-state index contributed by atoms with van der Waals surface area (Å²) >= 11 is 4.92. The highest BCUT2D eigenvalue weighted by molar-refractivity contribution is 9.11. The van der Waals surface area contributed by atoms with Crippen LogP contribution < -0.4 is 0 Å². The van der Waals surface area contributed by atoms with Crippen molar-refractivity contribution in [3.05, 3.63) is 57.7 Å². The quantitative estimate of drug-likeness (QED) is 0.505. The smallest absolute Gasteiger partial charge is 0.257 e. The SMILES string of the molecule is Brc1ccc(-c2nnc(CO/N=C\c3ccccc3)o2)s1. The Kier molecular flexibility index (Phi) is 4.42. The van der Waals surface area contributed by atoms with E-state index in [1.165, 1.54) is 11.3 Å². The van der Waals surface area contributed by atoms with Gasteiger partial charge in [0.1, 0.15) is 0 Å². The summed E-state index contributed by atoms with van der Waals surface area (Å²) < 4.78 is 6.52. The van der Waals surface area contributed by atoms with Crippen LogP contribution in [-0.4, -0.2) is 16.4 Å². The highest BCUT2D eigenvalue weighted by Crippen LogP contribution is 2.30. The van der Waals surface area contributed by atoms with E-state index in [0.29, 0.717) is 11.8 Å². The third kappa shape index (κ3) is 3.77. The van der Waals surface area contributed by atoms with Crippen molar-refractivity contribution in [1.82, 2.24) is 10.2 Å². The molecule has 0 N–H and O–H groups in total. The predicted octanol–water partition coefficient (Wildman–Crippen LogP) is 4.11. The molecule has 2 aromatic heterocycles. The number of aromatic nitrogens is 2. The second-order valence-corrected chi connectivity index (χ2v) is 6.49. The van der Waals surface area contributed by atoms with Gasteiger partial charge in [-0.1, -0.05) is 35.5 Å². The lowest BCUT2D eigenvalue weighted by molar-refractivity contribution is 0.112. The van der Waals surface area contributed by atoms with Crippen molar-refractivity contribution in [2.24, 2.45) is 5.16 Å². The molecule has 0 atom stereocenters. The van der Waals surface area contributed by atoms with E-state index in [1.54, 1.807) is 6.21 Å². The van der Waals surface area contributed by atoms with Crippen LogP contribution in [0.5, 0.6) is 0 Å². The molecule has 0 spiro atoms. The number of hydrogen-bond acceptors (Lipinski definition) is 6. The molecule has 0 radical (unpaired) electrons. The molecule has 0 aliphatic rings. The molecule has 106 valence electrons. The average Bonchev–Trinajstić information content (AvgIpc) is 3.13. The molecule has 7 heteroatoms. The largest absolute Gasteiger partial charge is 0.416 e. The molecule has 2 heterocycles. The number of thiophene rings is 1. The van der Waals surface area contributed by atoms with Crippen LogP contribution in [0.4, 0.5) is 0 Å². The molecule has 1 aromatic carbocycles. The lowest BCUT2D eigenvalue weighted by Crippen LogP contribution is -1.88. The topological polar surface area (TPSA) is 60.5 Å². The molecule has 0 bridgehead atoms. The van der Waals surface area contributed by atoms with Crippen LogP contribution in [0, 0.1) is 0 Å². The van der Waals surface area contributed by atoms with Gasteiger partial charge in [-0.15, -0.1) is 21.5 Å². The predicted molar refractivity (Wildman–Crippen MR) is 84.1 cm³/mol. The Balaban J connectivity index is 1.57. The van der Waals surface area contributed by atoms with Crippen LogP contribution in [0.3, 0.4) is 0 Å². The lowest BCUT2D eigenvalue weighted by Gasteiger charge is -1.94. The summed E-state index contributed by atoms with van der Waals surface area (Å²) in [6.07, 6.45) is 1.63. The zero-order valence-electron chi connectivity index (χ0n) is 10.8. The van der Waals surface area contributed by atoms with Gasteiger partial charge in [0.25, 0.3) is 11.8 Å². The third-order valence-corrected chi connectivity index (χ3v) is 4.13. The number of halogens is 1. The summed E-state index contributed by atoms with van der Waals surface area (Å²) in [5.74, 6) is 0.871. The van der Waals surface area contributed by atoms with Gasteiger partial charge in [-0.25, -0.2) is 0 Å². The van der Waals surface area contributed by atoms with E-state index in [0.717, 1.165) is 14.2 Å². The Morgan fingerprint density at radius 2 is 2.05 bits per heavy atom. The third-order valence-electron chi connectivity index (χ3n) is 2.51. The molecule has 0 fully saturated rings. The fourth-order valence-corrected chi connectivity index (χ4v) is 2.88. The maximum absolute atomic E-state index is 5.50. The first-order chi connectivity index (χ1) is 10.3. The zero-order chi connectivity index (χ0) is 14.5. The van der Waals surface area contributed by atoms with Crippen LogP contribution in [0.1, 0.15) is 11.5 Å². The van der Waals surface area contributed by atoms with Crippen molar-refractivity contribution < 1.29 is 9.25 Å². The highest BCUT2D eigenvalue weighted by atomic mass is 79.9. The van der Waals surface area contributed by atoms with Gasteiger partial charge in [0.2, 0.25) is 0 Å². The molecule has 0 aliphatic carbocycles. The number of oxime groups is 1. The number of nitrogens with zero attached hydrogens (tertiary/aromatic N) is 3. The van der Waals surface area contributed by atoms with Crippen LogP contribution in [0.2, 0.25) is 0 Å². The minimum atomic E-state index is 0.142. The van der Waals surface area contributed by atoms with Gasteiger partial charge in [0.15, 0.2) is 6.61 Å². The van der Waals surface area contributed by atoms with Crippen LogP contribution >= 0.6 is 27.3 Å². The molecule has 3 rings (SSSR count). The molecule has 0 amide bonds. The summed E-state index contributed by atoms with van der Waals surface area (Å²) in [7, 11) is 0. The van der Waals surface area contributed by atoms with Gasteiger partial charge in [-0.05, 0) is 33.6 Å². The summed E-state index contributed by atoms with van der Waals surface area (Å²) in [4.78, 5) is 6.06. The van der Waals surface area contributed by atoms with Gasteiger partial charge in [0, 0.05) is 0 Å². The maximum atomic E-state index is 5.50. The lowest BCUT2D eigenvalue weighted by atomic mass is 10.2. The summed E-state index contributed by atoms with van der Waals surface area (Å²) in [6.45, 7) is 0.142. The molecule has 0 saturated carbocycles. The maximum Gasteiger partial charge on any atom is 0.257 e. The van der Waals surface area contributed by atoms with Gasteiger partial charge in [-0.2, -0.15) is 0 Å². The van der Waals surface area contributed by atoms with Crippen LogP contribution in [-0.2, 0) is 11.4 Å². The van der Waals surface area contributed by atoms with Gasteiger partial charge >= 0.3 is 0 Å². The molecular formula is C14H10BrN3O2S. The standard InChI is InChI=1S/C14H10BrN3O2S/c15-12-7-6-11(21-12)14-18-17-13(20-14)9-19-16-8-10-4-2-1-3-5-10/h1-8H,9H2/b16-8-. The molecule has 3 aromatic rings. The number of rotatable bonds is 5. The summed E-state index contributed by atoms with van der Waals surface area (Å²) in [5.41, 5.74) is 0.965. The van der Waals surface area contributed by atoms with Crippen molar-refractivity contribution in [2.45, 2.75) is 6.61 Å². The van der Waals surface area contributed by atoms with Gasteiger partial charge in [0.05, 0.1) is 14.9 Å². The van der Waals surface area contributed by atoms with E-state index in [2.05, 4.69) is 31.3 Å². The monoisotopic (exact) mass is 363 g/mol. The van der Waals surface area contributed by atoms with Crippen molar-refractivity contribution in [2.75, 3.05) is 0 Å². The molecular weight excluding hydrogens is 354 g/mol. The fraction of sp³-hybridized carbons (Fsp3) is 0.0714. The van der Waals surface area contributed by atoms with E-state index >= 15 is 0 Å². The molecule has 21 heavy (non-hydrogen) atoms. The van der Waals surface area contributed by atoms with Crippen molar-refractivity contribution in [3.63, 3.8) is 0 Å². The van der Waals surface area contributed by atoms with E-state index in [9.17, 15) is 0 Å². The number of hydrogen-bond donors (Lipinski definition) is 0. The van der Waals surface area contributed by atoms with Gasteiger partial charge in [-0.3, -0.25) is 0 Å². The number of benzene rings is 1. The Bertz CT molecular complexity index is 740. The minimum absolute atomic E-state index is 0.142. The van der Waals surface area contributed by atoms with Crippen molar-refractivity contribution in [1.29, 1.82) is 0 Å². The van der Waals surface area contributed by atoms with Crippen LogP contribution in [0.25, 0.3) is 10.8 Å². The molecule has 5 nitrogen and oxygen atoms in total. The Hall–Kier alpha value is -1.99. The summed E-state index contributed by atoms with van der Waals surface area (Å²) in [5, 5.41) is 11.8. The molecule has 0 saturated heterocycles. The second-order valence-electron chi connectivity index (χ2n) is 4.02. The molecule has 0 unspecified atom stereocenters. The van der Waals surface area contributed by atoms with Gasteiger partial charge < -0.3 is 9.25 Å². The van der Waals surface area contributed by atoms with Crippen molar-refractivity contribution in [3.8, 4) is 10.8 Å². The van der Waals surface area contributed by atoms with Crippen LogP contribution in [0.15, 0.2) is 55.8 Å². The first-order valence-electron chi connectivity index (χ1n) is 6.10. The highest BCUT2D eigenvalue weighted by Gasteiger charge is 2.10. The Morgan fingerprint density at radius 1 is 1.19 bits per heavy atom. The average molecular weight is 364 g/mol. The fourth-order valence-electron chi connectivity index (χ4n) is 1.57. The molecule has 0 aliphatic heterocycles. The second kappa shape index (κ2) is 6.64. The van der Waals surface area contributed by atoms with E-state index in [1.807, 2.05) is 42.5 Å². The van der Waals surface area contributed by atoms with E-state index in [-0.39, 0.29) is 6.61 Å².